The van der Waals surface area contributed by atoms with Crippen molar-refractivity contribution in [2.45, 2.75) is 64.0 Å². The lowest BCUT2D eigenvalue weighted by molar-refractivity contribution is 0.0490. The van der Waals surface area contributed by atoms with E-state index in [1.807, 2.05) is 20.8 Å². The van der Waals surface area contributed by atoms with Crippen LogP contribution in [0.2, 0.25) is 5.02 Å². The summed E-state index contributed by atoms with van der Waals surface area (Å²) < 4.78 is 7.07. The van der Waals surface area contributed by atoms with Crippen molar-refractivity contribution in [2.75, 3.05) is 0 Å². The number of aromatic nitrogens is 4. The molecule has 0 saturated heterocycles. The molecule has 0 spiro atoms. The lowest BCUT2D eigenvalue weighted by atomic mass is 9.85. The van der Waals surface area contributed by atoms with Crippen molar-refractivity contribution in [2.24, 2.45) is 0 Å². The number of rotatable bonds is 2. The lowest BCUT2D eigenvalue weighted by Crippen LogP contribution is -2.41. The average Bonchev–Trinajstić information content (AvgIpc) is 2.88. The highest BCUT2D eigenvalue weighted by Crippen LogP contribution is 2.32. The van der Waals surface area contributed by atoms with Crippen molar-refractivity contribution in [1.82, 2.24) is 25.1 Å². The van der Waals surface area contributed by atoms with Crippen LogP contribution in [-0.2, 0) is 4.74 Å². The van der Waals surface area contributed by atoms with Crippen LogP contribution < -0.4 is 5.32 Å². The predicted molar refractivity (Wildman–Crippen MR) is 90.2 cm³/mol. The number of nitrogens with zero attached hydrogens (tertiary/aromatic N) is 4. The Labute approximate surface area is 145 Å². The van der Waals surface area contributed by atoms with Gasteiger partial charge in [0.25, 0.3) is 0 Å². The number of alkyl carbamates (subject to hydrolysis) is 1. The monoisotopic (exact) mass is 351 g/mol. The largest absolute Gasteiger partial charge is 0.444 e. The molecule has 2 aromatic rings. The molecule has 24 heavy (non-hydrogen) atoms. The van der Waals surface area contributed by atoms with E-state index in [0.29, 0.717) is 10.7 Å². The second kappa shape index (κ2) is 6.55. The van der Waals surface area contributed by atoms with Crippen LogP contribution in [0.15, 0.2) is 12.3 Å². The van der Waals surface area contributed by atoms with Gasteiger partial charge in [0.15, 0.2) is 11.5 Å². The Bertz CT molecular complexity index is 740. The summed E-state index contributed by atoms with van der Waals surface area (Å²) in [5.74, 6) is 1.01. The van der Waals surface area contributed by atoms with Crippen molar-refractivity contribution < 1.29 is 9.53 Å². The molecule has 1 amide bonds. The Balaban J connectivity index is 1.70. The van der Waals surface area contributed by atoms with E-state index < -0.39 is 5.60 Å². The standard InChI is InChI=1S/C16H22ClN5O2/c1-16(2,3)24-15(23)19-12-6-4-5-10(7-12)14-21-20-13-8-11(17)9-18-22(13)14/h8-10,12H,4-7H2,1-3H3,(H,19,23)/t10-,12+/m0/s1. The molecule has 2 aromatic heterocycles. The molecule has 1 saturated carbocycles. The molecule has 3 rings (SSSR count). The predicted octanol–water partition coefficient (Wildman–Crippen LogP) is 3.33. The lowest BCUT2D eigenvalue weighted by Gasteiger charge is -2.29. The maximum absolute atomic E-state index is 12.0. The molecule has 1 N–H and O–H groups in total. The van der Waals surface area contributed by atoms with Crippen LogP contribution in [0.25, 0.3) is 5.65 Å². The summed E-state index contributed by atoms with van der Waals surface area (Å²) in [4.78, 5) is 12.0. The molecular weight excluding hydrogens is 330 g/mol. The first kappa shape index (κ1) is 17.0. The van der Waals surface area contributed by atoms with E-state index in [0.717, 1.165) is 31.5 Å². The van der Waals surface area contributed by atoms with E-state index >= 15 is 0 Å². The Morgan fingerprint density at radius 1 is 1.38 bits per heavy atom. The van der Waals surface area contributed by atoms with E-state index in [4.69, 9.17) is 16.3 Å². The summed E-state index contributed by atoms with van der Waals surface area (Å²) in [6.45, 7) is 5.57. The van der Waals surface area contributed by atoms with Gasteiger partial charge in [-0.1, -0.05) is 18.0 Å². The van der Waals surface area contributed by atoms with Crippen molar-refractivity contribution >= 4 is 23.3 Å². The Kier molecular flexibility index (Phi) is 4.62. The van der Waals surface area contributed by atoms with Crippen LogP contribution in [0.4, 0.5) is 4.79 Å². The number of amides is 1. The molecule has 2 heterocycles. The van der Waals surface area contributed by atoms with Gasteiger partial charge in [0.1, 0.15) is 5.60 Å². The minimum atomic E-state index is -0.495. The second-order valence-corrected chi connectivity index (χ2v) is 7.65. The van der Waals surface area contributed by atoms with Crippen molar-refractivity contribution in [3.8, 4) is 0 Å². The molecule has 0 aromatic carbocycles. The van der Waals surface area contributed by atoms with Crippen molar-refractivity contribution in [1.29, 1.82) is 0 Å². The zero-order chi connectivity index (χ0) is 17.3. The van der Waals surface area contributed by atoms with Gasteiger partial charge in [-0.3, -0.25) is 0 Å². The van der Waals surface area contributed by atoms with E-state index in [9.17, 15) is 4.79 Å². The van der Waals surface area contributed by atoms with Crippen molar-refractivity contribution in [3.05, 3.63) is 23.1 Å². The molecule has 0 aliphatic heterocycles. The van der Waals surface area contributed by atoms with Crippen LogP contribution in [0.3, 0.4) is 0 Å². The number of halogens is 1. The number of carbonyl (C=O) groups is 1. The van der Waals surface area contributed by atoms with Gasteiger partial charge in [-0.2, -0.15) is 9.61 Å². The molecule has 0 bridgehead atoms. The number of fused-ring (bicyclic) bond motifs is 1. The maximum Gasteiger partial charge on any atom is 0.407 e. The highest BCUT2D eigenvalue weighted by molar-refractivity contribution is 6.30. The molecule has 8 heteroatoms. The number of nitrogens with one attached hydrogen (secondary N) is 1. The highest BCUT2D eigenvalue weighted by Gasteiger charge is 2.29. The summed E-state index contributed by atoms with van der Waals surface area (Å²) in [6, 6.07) is 1.81. The Hall–Kier alpha value is -1.89. The van der Waals surface area contributed by atoms with Gasteiger partial charge < -0.3 is 10.1 Å². The number of hydrogen-bond acceptors (Lipinski definition) is 5. The maximum atomic E-state index is 12.0. The molecule has 130 valence electrons. The average molecular weight is 352 g/mol. The zero-order valence-corrected chi connectivity index (χ0v) is 14.9. The van der Waals surface area contributed by atoms with E-state index in [-0.39, 0.29) is 18.1 Å². The first-order chi connectivity index (χ1) is 11.3. The summed E-state index contributed by atoms with van der Waals surface area (Å²) in [5, 5.41) is 16.2. The van der Waals surface area contributed by atoms with Gasteiger partial charge in [0.05, 0.1) is 11.2 Å². The summed E-state index contributed by atoms with van der Waals surface area (Å²) in [7, 11) is 0. The van der Waals surface area contributed by atoms with Crippen LogP contribution in [0, 0.1) is 0 Å². The molecule has 2 atom stereocenters. The first-order valence-corrected chi connectivity index (χ1v) is 8.56. The quantitative estimate of drug-likeness (QED) is 0.897. The molecule has 7 nitrogen and oxygen atoms in total. The van der Waals surface area contributed by atoms with Crippen LogP contribution >= 0.6 is 11.6 Å². The summed E-state index contributed by atoms with van der Waals surface area (Å²) in [6.07, 6.45) is 4.95. The zero-order valence-electron chi connectivity index (χ0n) is 14.1. The first-order valence-electron chi connectivity index (χ1n) is 8.18. The molecule has 0 radical (unpaired) electrons. The fourth-order valence-electron chi connectivity index (χ4n) is 3.07. The fraction of sp³-hybridized carbons (Fsp3) is 0.625. The summed E-state index contributed by atoms with van der Waals surface area (Å²) in [5.41, 5.74) is 0.143. The van der Waals surface area contributed by atoms with Gasteiger partial charge in [-0.25, -0.2) is 4.79 Å². The smallest absolute Gasteiger partial charge is 0.407 e. The van der Waals surface area contributed by atoms with E-state index in [1.165, 1.54) is 0 Å². The third-order valence-electron chi connectivity index (χ3n) is 4.01. The number of carbonyl (C=O) groups excluding carboxylic acids is 1. The molecule has 0 unspecified atom stereocenters. The van der Waals surface area contributed by atoms with E-state index in [2.05, 4.69) is 20.6 Å². The van der Waals surface area contributed by atoms with Gasteiger partial charge >= 0.3 is 6.09 Å². The third kappa shape index (κ3) is 3.95. The van der Waals surface area contributed by atoms with Crippen molar-refractivity contribution in [3.63, 3.8) is 0 Å². The molecule has 1 fully saturated rings. The van der Waals surface area contributed by atoms with Gasteiger partial charge in [0, 0.05) is 18.0 Å². The van der Waals surface area contributed by atoms with Gasteiger partial charge in [-0.05, 0) is 40.0 Å². The SMILES string of the molecule is CC(C)(C)OC(=O)N[C@@H]1CCC[C@H](c2nnc3cc(Cl)cnn23)C1. The topological polar surface area (TPSA) is 81.4 Å². The highest BCUT2D eigenvalue weighted by atomic mass is 35.5. The number of ether oxygens (including phenoxy) is 1. The van der Waals surface area contributed by atoms with Gasteiger partial charge in [0.2, 0.25) is 0 Å². The van der Waals surface area contributed by atoms with Gasteiger partial charge in [-0.15, -0.1) is 10.2 Å². The molecular formula is C16H22ClN5O2. The van der Waals surface area contributed by atoms with Crippen LogP contribution in [0.5, 0.6) is 0 Å². The summed E-state index contributed by atoms with van der Waals surface area (Å²) >= 11 is 5.94. The Morgan fingerprint density at radius 3 is 2.92 bits per heavy atom. The minimum absolute atomic E-state index is 0.0678. The second-order valence-electron chi connectivity index (χ2n) is 7.21. The molecule has 1 aliphatic carbocycles. The molecule has 1 aliphatic rings. The Morgan fingerprint density at radius 2 is 2.17 bits per heavy atom. The fourth-order valence-corrected chi connectivity index (χ4v) is 3.21. The van der Waals surface area contributed by atoms with E-state index in [1.54, 1.807) is 16.8 Å². The van der Waals surface area contributed by atoms with Crippen LogP contribution in [0.1, 0.15) is 58.2 Å². The minimum Gasteiger partial charge on any atom is -0.444 e. The number of hydrogen-bond donors (Lipinski definition) is 1. The normalized spacial score (nSPS) is 21.7. The van der Waals surface area contributed by atoms with Crippen LogP contribution in [-0.4, -0.2) is 37.5 Å². The third-order valence-corrected chi connectivity index (χ3v) is 4.22.